The fraction of sp³-hybridized carbons (Fsp3) is 0.462. The summed E-state index contributed by atoms with van der Waals surface area (Å²) in [5.41, 5.74) is 1.29. The zero-order valence-corrected chi connectivity index (χ0v) is 11.1. The minimum absolute atomic E-state index is 0.371. The second-order valence-electron chi connectivity index (χ2n) is 3.84. The number of hydrogen-bond donors (Lipinski definition) is 1. The number of halogens is 1. The Hall–Kier alpha value is -0.850. The van der Waals surface area contributed by atoms with Crippen molar-refractivity contribution in [1.82, 2.24) is 5.32 Å². The van der Waals surface area contributed by atoms with E-state index in [1.807, 2.05) is 0 Å². The molecule has 0 aliphatic carbocycles. The summed E-state index contributed by atoms with van der Waals surface area (Å²) in [6, 6.07) is 10.9. The van der Waals surface area contributed by atoms with Crippen LogP contribution >= 0.6 is 15.9 Å². The van der Waals surface area contributed by atoms with E-state index in [0.29, 0.717) is 12.5 Å². The molecule has 0 aliphatic rings. The van der Waals surface area contributed by atoms with Crippen molar-refractivity contribution in [3.8, 4) is 6.07 Å². The minimum Gasteiger partial charge on any atom is -0.310 e. The molecule has 0 unspecified atom stereocenters. The lowest BCUT2D eigenvalue weighted by molar-refractivity contribution is 0.549. The van der Waals surface area contributed by atoms with Crippen LogP contribution in [0.2, 0.25) is 0 Å². The minimum atomic E-state index is 0.371. The molecule has 1 rings (SSSR count). The maximum absolute atomic E-state index is 8.40. The molecular weight excluding hydrogens is 264 g/mol. The summed E-state index contributed by atoms with van der Waals surface area (Å²) < 4.78 is 1.11. The van der Waals surface area contributed by atoms with Crippen molar-refractivity contribution in [3.63, 3.8) is 0 Å². The Bertz CT molecular complexity index is 340. The van der Waals surface area contributed by atoms with E-state index in [2.05, 4.69) is 58.5 Å². The van der Waals surface area contributed by atoms with Gasteiger partial charge in [-0.25, -0.2) is 0 Å². The molecule has 1 aromatic carbocycles. The van der Waals surface area contributed by atoms with E-state index >= 15 is 0 Å². The predicted octanol–water partition coefficient (Wildman–Crippen LogP) is 3.79. The summed E-state index contributed by atoms with van der Waals surface area (Å²) in [5.74, 6) is 0. The average molecular weight is 281 g/mol. The second kappa shape index (κ2) is 7.43. The van der Waals surface area contributed by atoms with Gasteiger partial charge in [0, 0.05) is 16.9 Å². The topological polar surface area (TPSA) is 35.8 Å². The normalized spacial score (nSPS) is 12.1. The Morgan fingerprint density at radius 1 is 1.31 bits per heavy atom. The number of nitrogens with zero attached hydrogens (tertiary/aromatic N) is 1. The third-order valence-corrected chi connectivity index (χ3v) is 3.06. The van der Waals surface area contributed by atoms with Crippen molar-refractivity contribution in [3.05, 3.63) is 34.3 Å². The van der Waals surface area contributed by atoms with Crippen LogP contribution in [0.25, 0.3) is 0 Å². The summed E-state index contributed by atoms with van der Waals surface area (Å²) in [6.45, 7) is 3.13. The molecule has 0 aromatic heterocycles. The lowest BCUT2D eigenvalue weighted by atomic mass is 10.1. The van der Waals surface area contributed by atoms with Crippen LogP contribution < -0.4 is 5.32 Å². The molecular formula is C13H17BrN2. The molecule has 0 fully saturated rings. The van der Waals surface area contributed by atoms with Gasteiger partial charge in [-0.15, -0.1) is 0 Å². The van der Waals surface area contributed by atoms with Crippen LogP contribution in [0.15, 0.2) is 28.7 Å². The van der Waals surface area contributed by atoms with Gasteiger partial charge in [0.1, 0.15) is 0 Å². The Morgan fingerprint density at radius 2 is 2.00 bits per heavy atom. The first-order valence-electron chi connectivity index (χ1n) is 5.60. The van der Waals surface area contributed by atoms with Crippen molar-refractivity contribution >= 4 is 15.9 Å². The molecule has 16 heavy (non-hydrogen) atoms. The molecule has 2 nitrogen and oxygen atoms in total. The monoisotopic (exact) mass is 280 g/mol. The molecule has 3 heteroatoms. The van der Waals surface area contributed by atoms with Crippen LogP contribution in [0.5, 0.6) is 0 Å². The zero-order valence-electron chi connectivity index (χ0n) is 9.54. The summed E-state index contributed by atoms with van der Waals surface area (Å²) in [7, 11) is 0. The molecule has 0 bridgehead atoms. The molecule has 86 valence electrons. The van der Waals surface area contributed by atoms with Crippen molar-refractivity contribution in [2.75, 3.05) is 6.54 Å². The van der Waals surface area contributed by atoms with Gasteiger partial charge in [-0.2, -0.15) is 5.26 Å². The Kier molecular flexibility index (Phi) is 6.14. The summed E-state index contributed by atoms with van der Waals surface area (Å²) in [5, 5.41) is 11.9. The quantitative estimate of drug-likeness (QED) is 0.805. The van der Waals surface area contributed by atoms with Gasteiger partial charge in [0.25, 0.3) is 0 Å². The largest absolute Gasteiger partial charge is 0.310 e. The van der Waals surface area contributed by atoms with E-state index in [-0.39, 0.29) is 0 Å². The molecule has 1 aromatic rings. The number of rotatable bonds is 6. The van der Waals surface area contributed by atoms with E-state index in [1.54, 1.807) is 0 Å². The molecule has 1 atom stereocenters. The maximum Gasteiger partial charge on any atom is 0.0621 e. The fourth-order valence-electron chi connectivity index (χ4n) is 1.52. The summed E-state index contributed by atoms with van der Waals surface area (Å²) >= 11 is 3.42. The first-order chi connectivity index (χ1) is 7.74. The van der Waals surface area contributed by atoms with Gasteiger partial charge in [0.05, 0.1) is 6.07 Å². The number of unbranched alkanes of at least 4 members (excludes halogenated alkanes) is 2. The van der Waals surface area contributed by atoms with Crippen LogP contribution in [0, 0.1) is 11.3 Å². The lowest BCUT2D eigenvalue weighted by Crippen LogP contribution is -2.19. The van der Waals surface area contributed by atoms with Crippen molar-refractivity contribution in [2.45, 2.75) is 32.2 Å². The van der Waals surface area contributed by atoms with Gasteiger partial charge >= 0.3 is 0 Å². The fourth-order valence-corrected chi connectivity index (χ4v) is 1.78. The van der Waals surface area contributed by atoms with Crippen LogP contribution in [-0.4, -0.2) is 6.54 Å². The van der Waals surface area contributed by atoms with Gasteiger partial charge in [0.2, 0.25) is 0 Å². The Labute approximate surface area is 106 Å². The number of nitrogens with one attached hydrogen (secondary N) is 1. The zero-order chi connectivity index (χ0) is 11.8. The van der Waals surface area contributed by atoms with Gasteiger partial charge < -0.3 is 5.32 Å². The van der Waals surface area contributed by atoms with Crippen molar-refractivity contribution < 1.29 is 0 Å². The third-order valence-electron chi connectivity index (χ3n) is 2.54. The Morgan fingerprint density at radius 3 is 2.62 bits per heavy atom. The standard InChI is InChI=1S/C13H17BrN2/c1-11(16-10-4-2-3-9-15)12-5-7-13(14)8-6-12/h5-8,11,16H,2-4,10H2,1H3/t11-/m0/s1. The van der Waals surface area contributed by atoms with Gasteiger partial charge in [-0.1, -0.05) is 28.1 Å². The summed E-state index contributed by atoms with van der Waals surface area (Å²) in [4.78, 5) is 0. The smallest absolute Gasteiger partial charge is 0.0621 e. The van der Waals surface area contributed by atoms with E-state index in [0.717, 1.165) is 23.9 Å². The van der Waals surface area contributed by atoms with Gasteiger partial charge in [0.15, 0.2) is 0 Å². The number of hydrogen-bond acceptors (Lipinski definition) is 2. The van der Waals surface area contributed by atoms with E-state index in [4.69, 9.17) is 5.26 Å². The highest BCUT2D eigenvalue weighted by Crippen LogP contribution is 2.16. The van der Waals surface area contributed by atoms with Crippen LogP contribution in [0.4, 0.5) is 0 Å². The van der Waals surface area contributed by atoms with Crippen LogP contribution in [0.3, 0.4) is 0 Å². The SMILES string of the molecule is C[C@H](NCCCCC#N)c1ccc(Br)cc1. The van der Waals surface area contributed by atoms with E-state index in [9.17, 15) is 0 Å². The predicted molar refractivity (Wildman–Crippen MR) is 70.0 cm³/mol. The first-order valence-corrected chi connectivity index (χ1v) is 6.39. The molecule has 1 N–H and O–H groups in total. The lowest BCUT2D eigenvalue weighted by Gasteiger charge is -2.13. The van der Waals surface area contributed by atoms with E-state index in [1.165, 1.54) is 5.56 Å². The molecule has 0 heterocycles. The highest BCUT2D eigenvalue weighted by molar-refractivity contribution is 9.10. The number of nitriles is 1. The second-order valence-corrected chi connectivity index (χ2v) is 4.76. The first kappa shape index (κ1) is 13.2. The average Bonchev–Trinajstić information content (AvgIpc) is 2.29. The molecule has 0 radical (unpaired) electrons. The summed E-state index contributed by atoms with van der Waals surface area (Å²) in [6.07, 6.45) is 2.71. The molecule has 0 aliphatic heterocycles. The third kappa shape index (κ3) is 4.78. The molecule has 0 saturated carbocycles. The van der Waals surface area contributed by atoms with Gasteiger partial charge in [-0.3, -0.25) is 0 Å². The maximum atomic E-state index is 8.40. The van der Waals surface area contributed by atoms with Crippen molar-refractivity contribution in [1.29, 1.82) is 5.26 Å². The molecule has 0 saturated heterocycles. The van der Waals surface area contributed by atoms with Crippen LogP contribution in [-0.2, 0) is 0 Å². The van der Waals surface area contributed by atoms with E-state index < -0.39 is 0 Å². The number of benzene rings is 1. The molecule has 0 spiro atoms. The Balaban J connectivity index is 2.27. The molecule has 0 amide bonds. The van der Waals surface area contributed by atoms with Gasteiger partial charge in [-0.05, 0) is 44.0 Å². The van der Waals surface area contributed by atoms with Crippen molar-refractivity contribution in [2.24, 2.45) is 0 Å². The van der Waals surface area contributed by atoms with Crippen LogP contribution in [0.1, 0.15) is 37.8 Å². The highest BCUT2D eigenvalue weighted by Gasteiger charge is 2.03. The highest BCUT2D eigenvalue weighted by atomic mass is 79.9.